The molecule has 2 aromatic carbocycles. The van der Waals surface area contributed by atoms with Crippen LogP contribution in [-0.2, 0) is 43.8 Å². The Hall–Kier alpha value is -1.80. The number of phosphoric ester groups is 1. The van der Waals surface area contributed by atoms with Gasteiger partial charge in [0.15, 0.2) is 0 Å². The molecular weight excluding hydrogens is 828 g/mol. The number of nitrogens with zero attached hydrogens (tertiary/aromatic N) is 2. The molecule has 15 heteroatoms. The summed E-state index contributed by atoms with van der Waals surface area (Å²) in [6.45, 7) is 6.32. The lowest BCUT2D eigenvalue weighted by Gasteiger charge is -2.26. The number of benzene rings is 2. The van der Waals surface area contributed by atoms with Crippen LogP contribution in [0.25, 0.3) is 0 Å². The van der Waals surface area contributed by atoms with Gasteiger partial charge in [0, 0.05) is 25.4 Å². The Bertz CT molecular complexity index is 1480. The Labute approximate surface area is 370 Å². The number of rotatable bonds is 36. The lowest BCUT2D eigenvalue weighted by Crippen LogP contribution is -2.39. The number of unbranched alkanes of at least 4 members (excludes halogenated alkanes) is 14. The quantitative estimate of drug-likeness (QED) is 0.0385. The summed E-state index contributed by atoms with van der Waals surface area (Å²) >= 11 is 12.8. The molecule has 2 N–H and O–H groups in total. The summed E-state index contributed by atoms with van der Waals surface area (Å²) in [6, 6.07) is 12.8. The maximum atomic E-state index is 13.6. The van der Waals surface area contributed by atoms with Gasteiger partial charge in [-0.2, -0.15) is 0 Å². The van der Waals surface area contributed by atoms with Crippen molar-refractivity contribution in [1.82, 2.24) is 9.80 Å². The summed E-state index contributed by atoms with van der Waals surface area (Å²) < 4.78 is 46.6. The normalized spacial score (nSPS) is 15.8. The van der Waals surface area contributed by atoms with E-state index < -0.39 is 20.2 Å². The molecule has 0 spiro atoms. The van der Waals surface area contributed by atoms with Gasteiger partial charge in [0.05, 0.1) is 42.0 Å². The standard InChI is InChI=1S/C45H74Cl2N3O9P/c1-4-6-7-8-9-10-11-12-13-14-15-16-17-18-21-31-54-36-55-34-39(35-59-60(52,53)58-32-30-49(3)5-2)56-37-57-44-28-23-29-50(44)43(51)33-38-24-19-20-27-42(38)48-45-40(46)25-22-26-41(45)47/h19-20,22,24-27,39,44,48H,4-18,21,23,28-37H2,1-3H3,(H,52,53). The molecule has 1 amide bonds. The number of carbonyl (C=O) groups is 1. The Morgan fingerprint density at radius 3 is 2.12 bits per heavy atom. The molecule has 1 heterocycles. The van der Waals surface area contributed by atoms with Gasteiger partial charge in [0.2, 0.25) is 5.91 Å². The number of phosphoric acid groups is 1. The van der Waals surface area contributed by atoms with Crippen LogP contribution in [0.3, 0.4) is 0 Å². The lowest BCUT2D eigenvalue weighted by molar-refractivity contribution is -0.180. The Morgan fingerprint density at radius 1 is 0.833 bits per heavy atom. The van der Waals surface area contributed by atoms with Crippen molar-refractivity contribution in [3.63, 3.8) is 0 Å². The highest BCUT2D eigenvalue weighted by Crippen LogP contribution is 2.43. The monoisotopic (exact) mass is 901 g/mol. The zero-order valence-electron chi connectivity index (χ0n) is 36.6. The summed E-state index contributed by atoms with van der Waals surface area (Å²) in [5, 5.41) is 4.24. The third-order valence-electron chi connectivity index (χ3n) is 10.7. The van der Waals surface area contributed by atoms with E-state index in [-0.39, 0.29) is 45.7 Å². The molecule has 0 aromatic heterocycles. The second kappa shape index (κ2) is 31.9. The molecular formula is C45H74Cl2N3O9P. The number of amides is 1. The number of hydrogen-bond donors (Lipinski definition) is 2. The maximum Gasteiger partial charge on any atom is 0.472 e. The van der Waals surface area contributed by atoms with E-state index in [4.69, 9.17) is 51.2 Å². The van der Waals surface area contributed by atoms with Crippen LogP contribution in [-0.4, -0.2) is 99.6 Å². The highest BCUT2D eigenvalue weighted by Gasteiger charge is 2.31. The average molecular weight is 903 g/mol. The van der Waals surface area contributed by atoms with E-state index in [0.717, 1.165) is 37.1 Å². The molecule has 0 bridgehead atoms. The van der Waals surface area contributed by atoms with Gasteiger partial charge in [-0.15, -0.1) is 0 Å². The summed E-state index contributed by atoms with van der Waals surface area (Å²) in [7, 11) is -2.45. The van der Waals surface area contributed by atoms with Crippen LogP contribution < -0.4 is 5.32 Å². The fraction of sp³-hybridized carbons (Fsp3) is 0.711. The fourth-order valence-electron chi connectivity index (χ4n) is 6.92. The zero-order chi connectivity index (χ0) is 43.3. The maximum absolute atomic E-state index is 13.6. The number of likely N-dealkylation sites (tertiary alicyclic amines) is 1. The molecule has 3 unspecified atom stereocenters. The van der Waals surface area contributed by atoms with Crippen molar-refractivity contribution in [3.8, 4) is 0 Å². The number of ether oxygens (including phenoxy) is 4. The number of halogens is 2. The molecule has 12 nitrogen and oxygen atoms in total. The number of nitrogens with one attached hydrogen (secondary N) is 1. The van der Waals surface area contributed by atoms with E-state index in [0.29, 0.717) is 41.8 Å². The van der Waals surface area contributed by atoms with Crippen LogP contribution in [0, 0.1) is 0 Å². The molecule has 3 rings (SSSR count). The largest absolute Gasteiger partial charge is 0.472 e. The average Bonchev–Trinajstić information content (AvgIpc) is 3.71. The molecule has 342 valence electrons. The van der Waals surface area contributed by atoms with Crippen LogP contribution >= 0.6 is 31.0 Å². The lowest BCUT2D eigenvalue weighted by atomic mass is 10.0. The number of anilines is 2. The number of hydrogen-bond acceptors (Lipinski definition) is 10. The molecule has 60 heavy (non-hydrogen) atoms. The van der Waals surface area contributed by atoms with Crippen LogP contribution in [0.4, 0.5) is 11.4 Å². The van der Waals surface area contributed by atoms with Gasteiger partial charge in [-0.3, -0.25) is 13.8 Å². The minimum Gasteiger partial charge on any atom is -0.355 e. The molecule has 0 saturated carbocycles. The molecule has 2 aromatic rings. The molecule has 1 saturated heterocycles. The van der Waals surface area contributed by atoms with E-state index in [1.807, 2.05) is 43.1 Å². The van der Waals surface area contributed by atoms with Gasteiger partial charge in [-0.05, 0) is 56.6 Å². The van der Waals surface area contributed by atoms with Crippen molar-refractivity contribution in [2.45, 2.75) is 142 Å². The Balaban J connectivity index is 1.38. The van der Waals surface area contributed by atoms with Gasteiger partial charge >= 0.3 is 7.82 Å². The second-order valence-electron chi connectivity index (χ2n) is 15.7. The highest BCUT2D eigenvalue weighted by molar-refractivity contribution is 7.47. The highest BCUT2D eigenvalue weighted by atomic mass is 35.5. The van der Waals surface area contributed by atoms with Crippen LogP contribution in [0.15, 0.2) is 42.5 Å². The minimum atomic E-state index is -4.34. The topological polar surface area (TPSA) is 128 Å². The summed E-state index contributed by atoms with van der Waals surface area (Å²) in [4.78, 5) is 27.6. The molecule has 1 aliphatic heterocycles. The van der Waals surface area contributed by atoms with E-state index in [9.17, 15) is 14.3 Å². The van der Waals surface area contributed by atoms with Crippen molar-refractivity contribution in [1.29, 1.82) is 0 Å². The summed E-state index contributed by atoms with van der Waals surface area (Å²) in [5.74, 6) is -0.0986. The van der Waals surface area contributed by atoms with Gasteiger partial charge in [0.25, 0.3) is 0 Å². The van der Waals surface area contributed by atoms with Crippen molar-refractivity contribution in [2.75, 3.05) is 72.0 Å². The van der Waals surface area contributed by atoms with E-state index >= 15 is 0 Å². The Kier molecular flexibility index (Phi) is 28.0. The number of carbonyl (C=O) groups excluding carboxylic acids is 1. The molecule has 0 radical (unpaired) electrons. The molecule has 1 aliphatic rings. The molecule has 0 aliphatic carbocycles. The SMILES string of the molecule is CCCCCCCCCCCCCCCCCOCOCC(COP(=O)(O)OCCN(C)CC)OCOC1CCCN1C(=O)Cc1ccccc1Nc1c(Cl)cccc1Cl. The predicted molar refractivity (Wildman–Crippen MR) is 242 cm³/mol. The fourth-order valence-corrected chi connectivity index (χ4v) is 8.16. The third kappa shape index (κ3) is 22.5. The van der Waals surface area contributed by atoms with Gasteiger partial charge < -0.3 is 39.0 Å². The first-order valence-electron chi connectivity index (χ1n) is 22.4. The summed E-state index contributed by atoms with van der Waals surface area (Å²) in [6.07, 6.45) is 19.9. The third-order valence-corrected chi connectivity index (χ3v) is 12.3. The summed E-state index contributed by atoms with van der Waals surface area (Å²) in [5.41, 5.74) is 2.08. The smallest absolute Gasteiger partial charge is 0.355 e. The van der Waals surface area contributed by atoms with Crippen molar-refractivity contribution in [2.24, 2.45) is 0 Å². The van der Waals surface area contributed by atoms with Crippen molar-refractivity contribution in [3.05, 3.63) is 58.1 Å². The first-order valence-corrected chi connectivity index (χ1v) is 24.7. The number of likely N-dealkylation sites (N-methyl/N-ethyl adjacent to an activating group) is 1. The van der Waals surface area contributed by atoms with Gasteiger partial charge in [-0.1, -0.05) is 151 Å². The van der Waals surface area contributed by atoms with Crippen LogP contribution in [0.5, 0.6) is 0 Å². The predicted octanol–water partition coefficient (Wildman–Crippen LogP) is 11.5. The van der Waals surface area contributed by atoms with E-state index in [1.165, 1.54) is 83.5 Å². The molecule has 1 fully saturated rings. The van der Waals surface area contributed by atoms with Crippen molar-refractivity contribution >= 4 is 48.3 Å². The first-order chi connectivity index (χ1) is 29.1. The van der Waals surface area contributed by atoms with Crippen LogP contribution in [0.2, 0.25) is 10.0 Å². The van der Waals surface area contributed by atoms with Crippen LogP contribution in [0.1, 0.15) is 129 Å². The second-order valence-corrected chi connectivity index (χ2v) is 17.9. The first kappa shape index (κ1) is 52.5. The minimum absolute atomic E-state index is 0.0351. The molecule has 3 atom stereocenters. The van der Waals surface area contributed by atoms with E-state index in [1.54, 1.807) is 23.1 Å². The Morgan fingerprint density at radius 2 is 1.47 bits per heavy atom. The zero-order valence-corrected chi connectivity index (χ0v) is 39.0. The number of para-hydroxylation sites is 2. The van der Waals surface area contributed by atoms with Gasteiger partial charge in [-0.25, -0.2) is 4.57 Å². The van der Waals surface area contributed by atoms with Crippen molar-refractivity contribution < 1.29 is 42.2 Å². The van der Waals surface area contributed by atoms with E-state index in [2.05, 4.69) is 12.2 Å². The van der Waals surface area contributed by atoms with Gasteiger partial charge in [0.1, 0.15) is 25.9 Å².